The minimum Gasteiger partial charge on any atom is -0.380 e. The van der Waals surface area contributed by atoms with E-state index in [1.807, 2.05) is 12.4 Å². The van der Waals surface area contributed by atoms with Gasteiger partial charge in [0, 0.05) is 18.4 Å². The summed E-state index contributed by atoms with van der Waals surface area (Å²) in [5, 5.41) is 3.71. The fourth-order valence-corrected chi connectivity index (χ4v) is 4.63. The zero-order valence-electron chi connectivity index (χ0n) is 12.6. The molecule has 1 saturated carbocycles. The topological polar surface area (TPSA) is 24.9 Å². The van der Waals surface area contributed by atoms with Crippen molar-refractivity contribution < 1.29 is 0 Å². The van der Waals surface area contributed by atoms with E-state index in [4.69, 9.17) is 0 Å². The van der Waals surface area contributed by atoms with E-state index in [-0.39, 0.29) is 0 Å². The SMILES string of the molecule is CC1CC(Nc2c(Br)cncc2Br)CC(c2ccccc2)C1. The monoisotopic (exact) mass is 422 g/mol. The molecule has 2 nitrogen and oxygen atoms in total. The Labute approximate surface area is 149 Å². The largest absolute Gasteiger partial charge is 0.380 e. The molecular formula is C18H20Br2N2. The van der Waals surface area contributed by atoms with Gasteiger partial charge >= 0.3 is 0 Å². The highest BCUT2D eigenvalue weighted by Crippen LogP contribution is 2.39. The predicted molar refractivity (Wildman–Crippen MR) is 99.2 cm³/mol. The van der Waals surface area contributed by atoms with E-state index in [0.717, 1.165) is 20.6 Å². The third kappa shape index (κ3) is 3.72. The minimum absolute atomic E-state index is 0.490. The van der Waals surface area contributed by atoms with Gasteiger partial charge in [-0.2, -0.15) is 0 Å². The number of nitrogens with zero attached hydrogens (tertiary/aromatic N) is 1. The summed E-state index contributed by atoms with van der Waals surface area (Å²) in [4.78, 5) is 4.18. The van der Waals surface area contributed by atoms with Gasteiger partial charge in [-0.1, -0.05) is 37.3 Å². The molecule has 1 aromatic heterocycles. The highest BCUT2D eigenvalue weighted by molar-refractivity contribution is 9.11. The molecule has 1 aromatic carbocycles. The summed E-state index contributed by atoms with van der Waals surface area (Å²) in [6, 6.07) is 11.4. The van der Waals surface area contributed by atoms with E-state index in [2.05, 4.69) is 79.4 Å². The van der Waals surface area contributed by atoms with Crippen LogP contribution in [0.5, 0.6) is 0 Å². The summed E-state index contributed by atoms with van der Waals surface area (Å²) in [7, 11) is 0. The van der Waals surface area contributed by atoms with Gasteiger partial charge in [0.1, 0.15) is 0 Å². The normalized spacial score (nSPS) is 25.0. The Balaban J connectivity index is 1.77. The Morgan fingerprint density at radius 3 is 2.36 bits per heavy atom. The molecule has 0 spiro atoms. The van der Waals surface area contributed by atoms with E-state index >= 15 is 0 Å². The molecule has 0 aliphatic heterocycles. The van der Waals surface area contributed by atoms with Crippen LogP contribution in [0.3, 0.4) is 0 Å². The molecule has 3 unspecified atom stereocenters. The molecule has 116 valence electrons. The molecule has 0 bridgehead atoms. The van der Waals surface area contributed by atoms with Gasteiger partial charge in [0.25, 0.3) is 0 Å². The first-order valence-corrected chi connectivity index (χ1v) is 9.32. The lowest BCUT2D eigenvalue weighted by molar-refractivity contribution is 0.320. The molecule has 4 heteroatoms. The maximum atomic E-state index is 4.18. The lowest BCUT2D eigenvalue weighted by Gasteiger charge is -2.35. The van der Waals surface area contributed by atoms with Crippen molar-refractivity contribution in [3.63, 3.8) is 0 Å². The number of nitrogens with one attached hydrogen (secondary N) is 1. The average Bonchev–Trinajstić information content (AvgIpc) is 2.51. The molecule has 1 fully saturated rings. The fourth-order valence-electron chi connectivity index (χ4n) is 3.47. The zero-order chi connectivity index (χ0) is 15.5. The molecule has 1 aliphatic rings. The van der Waals surface area contributed by atoms with Crippen LogP contribution >= 0.6 is 31.9 Å². The zero-order valence-corrected chi connectivity index (χ0v) is 15.8. The lowest BCUT2D eigenvalue weighted by Crippen LogP contribution is -2.30. The van der Waals surface area contributed by atoms with Gasteiger partial charge in [0.15, 0.2) is 0 Å². The molecule has 0 saturated heterocycles. The Bertz CT molecular complexity index is 610. The molecule has 3 atom stereocenters. The van der Waals surface area contributed by atoms with E-state index in [1.54, 1.807) is 0 Å². The van der Waals surface area contributed by atoms with Crippen LogP contribution in [-0.2, 0) is 0 Å². The standard InChI is InChI=1S/C18H20Br2N2/c1-12-7-14(13-5-3-2-4-6-13)9-15(8-12)22-18-16(19)10-21-11-17(18)20/h2-6,10-12,14-15H,7-9H2,1H3,(H,21,22). The highest BCUT2D eigenvalue weighted by Gasteiger charge is 2.28. The summed E-state index contributed by atoms with van der Waals surface area (Å²) in [5.41, 5.74) is 2.58. The number of rotatable bonds is 3. The molecule has 22 heavy (non-hydrogen) atoms. The van der Waals surface area contributed by atoms with Gasteiger partial charge < -0.3 is 5.32 Å². The fraction of sp³-hybridized carbons (Fsp3) is 0.389. The van der Waals surface area contributed by atoms with Crippen LogP contribution in [0, 0.1) is 5.92 Å². The molecular weight excluding hydrogens is 404 g/mol. The Morgan fingerprint density at radius 1 is 1.00 bits per heavy atom. The number of benzene rings is 1. The number of hydrogen-bond donors (Lipinski definition) is 1. The maximum Gasteiger partial charge on any atom is 0.0662 e. The summed E-state index contributed by atoms with van der Waals surface area (Å²) in [6.45, 7) is 2.36. The second kappa shape index (κ2) is 7.14. The van der Waals surface area contributed by atoms with Gasteiger partial charge in [-0.15, -0.1) is 0 Å². The van der Waals surface area contributed by atoms with E-state index < -0.39 is 0 Å². The molecule has 1 aliphatic carbocycles. The highest BCUT2D eigenvalue weighted by atomic mass is 79.9. The smallest absolute Gasteiger partial charge is 0.0662 e. The number of halogens is 2. The molecule has 1 N–H and O–H groups in total. The van der Waals surface area contributed by atoms with Crippen LogP contribution in [0.1, 0.15) is 37.7 Å². The second-order valence-electron chi connectivity index (χ2n) is 6.24. The van der Waals surface area contributed by atoms with Crippen molar-refractivity contribution in [2.24, 2.45) is 5.92 Å². The van der Waals surface area contributed by atoms with Crippen LogP contribution in [0.2, 0.25) is 0 Å². The van der Waals surface area contributed by atoms with Crippen molar-refractivity contribution in [2.75, 3.05) is 5.32 Å². The van der Waals surface area contributed by atoms with Gasteiger partial charge in [-0.3, -0.25) is 4.98 Å². The first-order chi connectivity index (χ1) is 10.6. The molecule has 2 aromatic rings. The summed E-state index contributed by atoms with van der Waals surface area (Å²) in [5.74, 6) is 1.37. The number of anilines is 1. The van der Waals surface area contributed by atoms with E-state index in [1.165, 1.54) is 24.8 Å². The van der Waals surface area contributed by atoms with Crippen molar-refractivity contribution in [2.45, 2.75) is 38.1 Å². The van der Waals surface area contributed by atoms with Crippen LogP contribution in [-0.4, -0.2) is 11.0 Å². The molecule has 0 amide bonds. The van der Waals surface area contributed by atoms with Gasteiger partial charge in [0.05, 0.1) is 14.6 Å². The van der Waals surface area contributed by atoms with E-state index in [9.17, 15) is 0 Å². The molecule has 3 rings (SSSR count). The first kappa shape index (κ1) is 16.0. The molecule has 1 heterocycles. The minimum atomic E-state index is 0.490. The van der Waals surface area contributed by atoms with E-state index in [0.29, 0.717) is 12.0 Å². The lowest BCUT2D eigenvalue weighted by atomic mass is 9.76. The number of hydrogen-bond acceptors (Lipinski definition) is 2. The molecule has 0 radical (unpaired) electrons. The predicted octanol–water partition coefficient (Wildman–Crippen LogP) is 5.99. The summed E-state index contributed by atoms with van der Waals surface area (Å²) >= 11 is 7.19. The quantitative estimate of drug-likeness (QED) is 0.655. The van der Waals surface area contributed by atoms with Crippen molar-refractivity contribution in [3.05, 3.63) is 57.2 Å². The Morgan fingerprint density at radius 2 is 1.68 bits per heavy atom. The van der Waals surface area contributed by atoms with Crippen LogP contribution in [0.15, 0.2) is 51.7 Å². The third-order valence-electron chi connectivity index (χ3n) is 4.42. The Hall–Kier alpha value is -0.870. The Kier molecular flexibility index (Phi) is 5.19. The van der Waals surface area contributed by atoms with Crippen LogP contribution < -0.4 is 5.32 Å². The van der Waals surface area contributed by atoms with Crippen molar-refractivity contribution in [1.29, 1.82) is 0 Å². The maximum absolute atomic E-state index is 4.18. The van der Waals surface area contributed by atoms with Crippen molar-refractivity contribution in [3.8, 4) is 0 Å². The van der Waals surface area contributed by atoms with Crippen molar-refractivity contribution in [1.82, 2.24) is 4.98 Å². The first-order valence-electron chi connectivity index (χ1n) is 7.74. The van der Waals surface area contributed by atoms with Crippen LogP contribution in [0.4, 0.5) is 5.69 Å². The van der Waals surface area contributed by atoms with Gasteiger partial charge in [-0.25, -0.2) is 0 Å². The van der Waals surface area contributed by atoms with Crippen LogP contribution in [0.25, 0.3) is 0 Å². The van der Waals surface area contributed by atoms with Crippen molar-refractivity contribution >= 4 is 37.5 Å². The summed E-state index contributed by atoms with van der Waals surface area (Å²) in [6.07, 6.45) is 7.35. The second-order valence-corrected chi connectivity index (χ2v) is 7.95. The van der Waals surface area contributed by atoms with Gasteiger partial charge in [-0.05, 0) is 68.5 Å². The summed E-state index contributed by atoms with van der Waals surface area (Å²) < 4.78 is 2.02. The average molecular weight is 424 g/mol. The number of aromatic nitrogens is 1. The number of pyridine rings is 1. The third-order valence-corrected chi connectivity index (χ3v) is 5.62. The van der Waals surface area contributed by atoms with Gasteiger partial charge in [0.2, 0.25) is 0 Å².